The summed E-state index contributed by atoms with van der Waals surface area (Å²) in [7, 11) is -2.93. The van der Waals surface area contributed by atoms with Gasteiger partial charge in [0.1, 0.15) is 9.84 Å². The molecule has 1 heterocycles. The second-order valence-electron chi connectivity index (χ2n) is 3.36. The highest BCUT2D eigenvalue weighted by molar-refractivity contribution is 14.1. The molecule has 0 radical (unpaired) electrons. The third-order valence-electron chi connectivity index (χ3n) is 1.86. The number of sulfone groups is 1. The van der Waals surface area contributed by atoms with Crippen LogP contribution >= 0.6 is 22.6 Å². The highest BCUT2D eigenvalue weighted by Crippen LogP contribution is 2.00. The molecule has 0 saturated heterocycles. The molecule has 0 unspecified atom stereocenters. The minimum absolute atomic E-state index is 0.0936. The van der Waals surface area contributed by atoms with Crippen molar-refractivity contribution in [2.24, 2.45) is 0 Å². The van der Waals surface area contributed by atoms with Crippen molar-refractivity contribution in [2.45, 2.75) is 13.0 Å². The molecule has 0 saturated carbocycles. The summed E-state index contributed by atoms with van der Waals surface area (Å²) in [5, 5.41) is 0. The molecule has 6 heteroatoms. The number of aryl methyl sites for hydroxylation is 1. The van der Waals surface area contributed by atoms with Crippen molar-refractivity contribution >= 4 is 32.4 Å². The molecule has 0 atom stereocenters. The van der Waals surface area contributed by atoms with Gasteiger partial charge in [0.15, 0.2) is 0 Å². The largest absolute Gasteiger partial charge is 0.314 e. The molecule has 1 aromatic heterocycles. The van der Waals surface area contributed by atoms with Crippen LogP contribution < -0.4 is 5.56 Å². The van der Waals surface area contributed by atoms with Crippen molar-refractivity contribution < 1.29 is 8.42 Å². The molecule has 0 aliphatic heterocycles. The molecule has 0 N–H and O–H groups in total. The second kappa shape index (κ2) is 5.11. The predicted molar refractivity (Wildman–Crippen MR) is 67.7 cm³/mol. The van der Waals surface area contributed by atoms with Crippen LogP contribution in [0.25, 0.3) is 0 Å². The molecule has 0 spiro atoms. The van der Waals surface area contributed by atoms with E-state index < -0.39 is 9.84 Å². The fourth-order valence-corrected chi connectivity index (χ4v) is 2.34. The van der Waals surface area contributed by atoms with Gasteiger partial charge in [-0.2, -0.15) is 0 Å². The van der Waals surface area contributed by atoms with Gasteiger partial charge in [-0.05, 0) is 35.1 Å². The van der Waals surface area contributed by atoms with Gasteiger partial charge in [0.25, 0.3) is 5.56 Å². The van der Waals surface area contributed by atoms with E-state index in [-0.39, 0.29) is 11.3 Å². The first kappa shape index (κ1) is 12.7. The topological polar surface area (TPSA) is 56.1 Å². The van der Waals surface area contributed by atoms with Crippen molar-refractivity contribution in [3.05, 3.63) is 32.3 Å². The Hall–Kier alpha value is -0.370. The lowest BCUT2D eigenvalue weighted by Gasteiger charge is -2.04. The molecule has 0 aliphatic rings. The van der Waals surface area contributed by atoms with Crippen LogP contribution in [0.4, 0.5) is 0 Å². The first-order chi connectivity index (χ1) is 6.88. The summed E-state index contributed by atoms with van der Waals surface area (Å²) in [4.78, 5) is 11.3. The Morgan fingerprint density at radius 2 is 2.07 bits per heavy atom. The Kier molecular flexibility index (Phi) is 4.32. The van der Waals surface area contributed by atoms with Crippen LogP contribution in [-0.2, 0) is 16.4 Å². The van der Waals surface area contributed by atoms with Crippen LogP contribution in [0.5, 0.6) is 0 Å². The van der Waals surface area contributed by atoms with Gasteiger partial charge in [-0.25, -0.2) is 8.42 Å². The average Bonchev–Trinajstić information content (AvgIpc) is 2.09. The number of hydrogen-bond acceptors (Lipinski definition) is 3. The summed E-state index contributed by atoms with van der Waals surface area (Å²) >= 11 is 2.11. The van der Waals surface area contributed by atoms with E-state index in [1.807, 2.05) is 0 Å². The normalized spacial score (nSPS) is 11.6. The molecule has 1 rings (SSSR count). The zero-order valence-corrected chi connectivity index (χ0v) is 11.3. The Morgan fingerprint density at radius 3 is 2.67 bits per heavy atom. The van der Waals surface area contributed by atoms with Crippen molar-refractivity contribution in [1.29, 1.82) is 0 Å². The smallest absolute Gasteiger partial charge is 0.250 e. The van der Waals surface area contributed by atoms with Gasteiger partial charge in [-0.1, -0.05) is 0 Å². The van der Waals surface area contributed by atoms with E-state index in [1.54, 1.807) is 12.3 Å². The van der Waals surface area contributed by atoms with Crippen molar-refractivity contribution in [2.75, 3.05) is 12.0 Å². The Bertz CT molecular complexity index is 492. The third kappa shape index (κ3) is 4.78. The summed E-state index contributed by atoms with van der Waals surface area (Å²) in [6.07, 6.45) is 3.40. The molecule has 0 aliphatic carbocycles. The van der Waals surface area contributed by atoms with Crippen molar-refractivity contribution in [3.8, 4) is 0 Å². The molecule has 0 aromatic carbocycles. The lowest BCUT2D eigenvalue weighted by Crippen LogP contribution is -2.20. The van der Waals surface area contributed by atoms with E-state index >= 15 is 0 Å². The quantitative estimate of drug-likeness (QED) is 0.765. The lowest BCUT2D eigenvalue weighted by molar-refractivity contribution is 0.589. The molecular weight excluding hydrogens is 329 g/mol. The summed E-state index contributed by atoms with van der Waals surface area (Å²) in [5.41, 5.74) is -0.0936. The molecule has 84 valence electrons. The second-order valence-corrected chi connectivity index (χ2v) is 6.87. The molecular formula is C9H12INO3S. The maximum atomic E-state index is 11.3. The summed E-state index contributed by atoms with van der Waals surface area (Å²) < 4.78 is 24.3. The van der Waals surface area contributed by atoms with E-state index in [2.05, 4.69) is 22.6 Å². The lowest BCUT2D eigenvalue weighted by atomic mass is 10.4. The van der Waals surface area contributed by atoms with E-state index in [4.69, 9.17) is 0 Å². The Labute approximate surface area is 102 Å². The van der Waals surface area contributed by atoms with E-state index in [9.17, 15) is 13.2 Å². The number of nitrogens with zero attached hydrogens (tertiary/aromatic N) is 1. The average molecular weight is 341 g/mol. The van der Waals surface area contributed by atoms with Gasteiger partial charge in [0, 0.05) is 28.6 Å². The predicted octanol–water partition coefficient (Wildman–Crippen LogP) is 0.888. The fourth-order valence-electron chi connectivity index (χ4n) is 1.17. The third-order valence-corrected chi connectivity index (χ3v) is 3.53. The van der Waals surface area contributed by atoms with E-state index in [0.717, 1.165) is 3.57 Å². The van der Waals surface area contributed by atoms with E-state index in [0.29, 0.717) is 13.0 Å². The summed E-state index contributed by atoms with van der Waals surface area (Å²) in [6, 6.07) is 3.22. The first-order valence-corrected chi connectivity index (χ1v) is 7.56. The van der Waals surface area contributed by atoms with Gasteiger partial charge in [0.2, 0.25) is 0 Å². The maximum Gasteiger partial charge on any atom is 0.250 e. The molecule has 15 heavy (non-hydrogen) atoms. The van der Waals surface area contributed by atoms with Gasteiger partial charge in [-0.3, -0.25) is 4.79 Å². The molecule has 0 bridgehead atoms. The van der Waals surface area contributed by atoms with E-state index in [1.165, 1.54) is 16.9 Å². The van der Waals surface area contributed by atoms with Crippen molar-refractivity contribution in [1.82, 2.24) is 4.57 Å². The van der Waals surface area contributed by atoms with Gasteiger partial charge in [0.05, 0.1) is 5.75 Å². The summed E-state index contributed by atoms with van der Waals surface area (Å²) in [5.74, 6) is 0.116. The van der Waals surface area contributed by atoms with Crippen molar-refractivity contribution in [3.63, 3.8) is 0 Å². The molecule has 0 fully saturated rings. The summed E-state index contributed by atoms with van der Waals surface area (Å²) in [6.45, 7) is 0.447. The maximum absolute atomic E-state index is 11.3. The highest BCUT2D eigenvalue weighted by atomic mass is 127. The van der Waals surface area contributed by atoms with Gasteiger partial charge >= 0.3 is 0 Å². The monoisotopic (exact) mass is 341 g/mol. The minimum atomic E-state index is -2.93. The highest BCUT2D eigenvalue weighted by Gasteiger charge is 2.02. The van der Waals surface area contributed by atoms with Crippen LogP contribution in [0.2, 0.25) is 0 Å². The fraction of sp³-hybridized carbons (Fsp3) is 0.444. The van der Waals surface area contributed by atoms with Crippen LogP contribution in [0.1, 0.15) is 6.42 Å². The first-order valence-electron chi connectivity index (χ1n) is 4.42. The van der Waals surface area contributed by atoms with Crippen LogP contribution in [0, 0.1) is 3.57 Å². The zero-order chi connectivity index (χ0) is 11.5. The number of hydrogen-bond donors (Lipinski definition) is 0. The number of aromatic nitrogens is 1. The molecule has 0 amide bonds. The standard InChI is InChI=1S/C9H12INO3S/c1-15(13,14)6-2-5-11-7-8(10)3-4-9(11)12/h3-4,7H,2,5-6H2,1H3. The van der Waals surface area contributed by atoms with Gasteiger partial charge < -0.3 is 4.57 Å². The van der Waals surface area contributed by atoms with Crippen LogP contribution in [-0.4, -0.2) is 25.0 Å². The Balaban J connectivity index is 2.66. The molecule has 1 aromatic rings. The minimum Gasteiger partial charge on any atom is -0.314 e. The Morgan fingerprint density at radius 1 is 1.40 bits per heavy atom. The number of rotatable bonds is 4. The van der Waals surface area contributed by atoms with Crippen LogP contribution in [0.3, 0.4) is 0 Å². The number of pyridine rings is 1. The number of halogens is 1. The zero-order valence-electron chi connectivity index (χ0n) is 8.31. The van der Waals surface area contributed by atoms with Crippen LogP contribution in [0.15, 0.2) is 23.1 Å². The van der Waals surface area contributed by atoms with Gasteiger partial charge in [-0.15, -0.1) is 0 Å². The molecule has 4 nitrogen and oxygen atoms in total. The SMILES string of the molecule is CS(=O)(=O)CCCn1cc(I)ccc1=O.